The largest absolute Gasteiger partial charge is 0.463 e. The average Bonchev–Trinajstić information content (AvgIpc) is 2.72. The molecule has 6 heteroatoms. The number of ether oxygens (including phenoxy) is 1. The number of nitrogens with two attached hydrogens (primary N) is 1. The zero-order valence-electron chi connectivity index (χ0n) is 7.07. The Kier molecular flexibility index (Phi) is 2.92. The van der Waals surface area contributed by atoms with Crippen LogP contribution >= 0.6 is 33.9 Å². The van der Waals surface area contributed by atoms with Gasteiger partial charge in [-0.3, -0.25) is 0 Å². The molecular weight excluding hydrogens is 315 g/mol. The van der Waals surface area contributed by atoms with Crippen LogP contribution in [-0.4, -0.2) is 4.98 Å². The number of furan rings is 1. The molecule has 0 spiro atoms. The first-order chi connectivity index (χ1) is 6.75. The van der Waals surface area contributed by atoms with E-state index in [1.54, 1.807) is 12.3 Å². The van der Waals surface area contributed by atoms with Crippen molar-refractivity contribution in [2.75, 3.05) is 5.73 Å². The summed E-state index contributed by atoms with van der Waals surface area (Å²) in [5.74, 6) is 0.634. The summed E-state index contributed by atoms with van der Waals surface area (Å²) in [6.45, 7) is 0.322. The Bertz CT molecular complexity index is 426. The van der Waals surface area contributed by atoms with E-state index in [2.05, 4.69) is 27.6 Å². The Morgan fingerprint density at radius 2 is 2.50 bits per heavy atom. The standard InChI is InChI=1S/C8H7IN2O2S/c9-7-4-14-8(11-7)13-3-6-5(10)1-2-12-6/h1-2,4H,3,10H2. The summed E-state index contributed by atoms with van der Waals surface area (Å²) < 4.78 is 11.4. The van der Waals surface area contributed by atoms with Gasteiger partial charge in [-0.1, -0.05) is 11.3 Å². The summed E-state index contributed by atoms with van der Waals surface area (Å²) in [5, 5.41) is 2.55. The topological polar surface area (TPSA) is 61.3 Å². The fraction of sp³-hybridized carbons (Fsp3) is 0.125. The summed E-state index contributed by atoms with van der Waals surface area (Å²) in [6, 6.07) is 1.70. The Morgan fingerprint density at radius 1 is 1.64 bits per heavy atom. The van der Waals surface area contributed by atoms with Crippen molar-refractivity contribution in [3.8, 4) is 5.19 Å². The molecule has 2 aromatic rings. The molecule has 0 aliphatic heterocycles. The lowest BCUT2D eigenvalue weighted by atomic mass is 10.4. The van der Waals surface area contributed by atoms with Crippen molar-refractivity contribution in [1.29, 1.82) is 0 Å². The molecule has 2 aromatic heterocycles. The normalized spacial score (nSPS) is 10.4. The maximum absolute atomic E-state index is 5.62. The number of thiazole rings is 1. The van der Waals surface area contributed by atoms with Crippen LogP contribution in [0.1, 0.15) is 5.76 Å². The minimum atomic E-state index is 0.322. The number of anilines is 1. The minimum Gasteiger partial charge on any atom is -0.463 e. The number of hydrogen-bond acceptors (Lipinski definition) is 5. The minimum absolute atomic E-state index is 0.322. The predicted molar refractivity (Wildman–Crippen MR) is 62.3 cm³/mol. The lowest BCUT2D eigenvalue weighted by Crippen LogP contribution is -1.96. The molecular formula is C8H7IN2O2S. The second-order valence-electron chi connectivity index (χ2n) is 2.52. The van der Waals surface area contributed by atoms with Gasteiger partial charge >= 0.3 is 0 Å². The van der Waals surface area contributed by atoms with E-state index in [0.717, 1.165) is 3.70 Å². The van der Waals surface area contributed by atoms with Gasteiger partial charge < -0.3 is 14.9 Å². The van der Waals surface area contributed by atoms with Crippen molar-refractivity contribution in [3.63, 3.8) is 0 Å². The molecule has 0 unspecified atom stereocenters. The Hall–Kier alpha value is -0.760. The number of rotatable bonds is 3. The molecule has 0 aromatic carbocycles. The van der Waals surface area contributed by atoms with Crippen molar-refractivity contribution >= 4 is 39.6 Å². The summed E-state index contributed by atoms with van der Waals surface area (Å²) in [7, 11) is 0. The first-order valence-electron chi connectivity index (χ1n) is 3.81. The van der Waals surface area contributed by atoms with E-state index in [4.69, 9.17) is 14.9 Å². The van der Waals surface area contributed by atoms with Crippen molar-refractivity contribution in [2.24, 2.45) is 0 Å². The van der Waals surface area contributed by atoms with Crippen molar-refractivity contribution < 1.29 is 9.15 Å². The van der Waals surface area contributed by atoms with Crippen LogP contribution < -0.4 is 10.5 Å². The van der Waals surface area contributed by atoms with E-state index in [9.17, 15) is 0 Å². The van der Waals surface area contributed by atoms with Gasteiger partial charge in [0.15, 0.2) is 12.4 Å². The molecule has 2 heterocycles. The maximum Gasteiger partial charge on any atom is 0.274 e. The maximum atomic E-state index is 5.62. The van der Waals surface area contributed by atoms with E-state index in [1.165, 1.54) is 11.3 Å². The van der Waals surface area contributed by atoms with Gasteiger partial charge in [0.05, 0.1) is 12.0 Å². The van der Waals surface area contributed by atoms with Crippen molar-refractivity contribution in [3.05, 3.63) is 27.2 Å². The van der Waals surface area contributed by atoms with Crippen molar-refractivity contribution in [2.45, 2.75) is 6.61 Å². The van der Waals surface area contributed by atoms with Gasteiger partial charge in [0.1, 0.15) is 3.70 Å². The SMILES string of the molecule is Nc1ccoc1COc1nc(I)cs1. The Balaban J connectivity index is 1.98. The second kappa shape index (κ2) is 4.18. The number of nitrogen functional groups attached to an aromatic ring is 1. The molecule has 0 aliphatic carbocycles. The fourth-order valence-electron chi connectivity index (χ4n) is 0.900. The van der Waals surface area contributed by atoms with Gasteiger partial charge in [-0.15, -0.1) is 0 Å². The summed E-state index contributed by atoms with van der Waals surface area (Å²) >= 11 is 3.59. The Labute approximate surface area is 98.2 Å². The van der Waals surface area contributed by atoms with E-state index < -0.39 is 0 Å². The summed E-state index contributed by atoms with van der Waals surface area (Å²) in [6.07, 6.45) is 1.54. The summed E-state index contributed by atoms with van der Waals surface area (Å²) in [4.78, 5) is 4.14. The lowest BCUT2D eigenvalue weighted by molar-refractivity contribution is 0.270. The highest BCUT2D eigenvalue weighted by Gasteiger charge is 2.05. The van der Waals surface area contributed by atoms with E-state index >= 15 is 0 Å². The molecule has 0 saturated carbocycles. The third-order valence-electron chi connectivity index (χ3n) is 1.56. The molecule has 14 heavy (non-hydrogen) atoms. The van der Waals surface area contributed by atoms with E-state index in [0.29, 0.717) is 23.2 Å². The molecule has 0 radical (unpaired) electrons. The average molecular weight is 322 g/mol. The second-order valence-corrected chi connectivity index (χ2v) is 4.45. The van der Waals surface area contributed by atoms with Crippen LogP contribution in [0.25, 0.3) is 0 Å². The highest BCUT2D eigenvalue weighted by molar-refractivity contribution is 14.1. The molecule has 0 aliphatic rings. The van der Waals surface area contributed by atoms with Crippen LogP contribution in [0, 0.1) is 3.70 Å². The highest BCUT2D eigenvalue weighted by Crippen LogP contribution is 2.21. The molecule has 2 N–H and O–H groups in total. The summed E-state index contributed by atoms with van der Waals surface area (Å²) in [5.41, 5.74) is 6.23. The zero-order valence-corrected chi connectivity index (χ0v) is 10.0. The molecule has 0 amide bonds. The molecule has 74 valence electrons. The zero-order chi connectivity index (χ0) is 9.97. The van der Waals surface area contributed by atoms with Crippen LogP contribution in [0.15, 0.2) is 22.1 Å². The van der Waals surface area contributed by atoms with Crippen LogP contribution in [0.5, 0.6) is 5.19 Å². The number of halogens is 1. The third kappa shape index (κ3) is 2.18. The molecule has 4 nitrogen and oxygen atoms in total. The Morgan fingerprint density at radius 3 is 3.07 bits per heavy atom. The quantitative estimate of drug-likeness (QED) is 0.882. The molecule has 0 saturated heterocycles. The molecule has 0 atom stereocenters. The van der Waals surface area contributed by atoms with Gasteiger partial charge in [-0.05, 0) is 28.7 Å². The first kappa shape index (κ1) is 9.78. The number of aromatic nitrogens is 1. The first-order valence-corrected chi connectivity index (χ1v) is 5.77. The smallest absolute Gasteiger partial charge is 0.274 e. The predicted octanol–water partition coefficient (Wildman–Crippen LogP) is 2.50. The van der Waals surface area contributed by atoms with Gasteiger partial charge in [0.25, 0.3) is 5.19 Å². The van der Waals surface area contributed by atoms with Crippen LogP contribution in [0.4, 0.5) is 5.69 Å². The van der Waals surface area contributed by atoms with Crippen molar-refractivity contribution in [1.82, 2.24) is 4.98 Å². The van der Waals surface area contributed by atoms with Gasteiger partial charge in [0, 0.05) is 5.38 Å². The third-order valence-corrected chi connectivity index (χ3v) is 3.29. The monoisotopic (exact) mass is 322 g/mol. The van der Waals surface area contributed by atoms with E-state index in [-0.39, 0.29) is 0 Å². The fourth-order valence-corrected chi connectivity index (χ4v) is 2.19. The van der Waals surface area contributed by atoms with Gasteiger partial charge in [-0.25, -0.2) is 0 Å². The highest BCUT2D eigenvalue weighted by atomic mass is 127. The van der Waals surface area contributed by atoms with Gasteiger partial charge in [0.2, 0.25) is 0 Å². The van der Waals surface area contributed by atoms with E-state index in [1.807, 2.05) is 5.38 Å². The van der Waals surface area contributed by atoms with Crippen LogP contribution in [-0.2, 0) is 6.61 Å². The number of nitrogens with zero attached hydrogens (tertiary/aromatic N) is 1. The van der Waals surface area contributed by atoms with Crippen LogP contribution in [0.2, 0.25) is 0 Å². The van der Waals surface area contributed by atoms with Gasteiger partial charge in [-0.2, -0.15) is 4.98 Å². The number of hydrogen-bond donors (Lipinski definition) is 1. The van der Waals surface area contributed by atoms with Crippen LogP contribution in [0.3, 0.4) is 0 Å². The lowest BCUT2D eigenvalue weighted by Gasteiger charge is -1.99. The molecule has 0 bridgehead atoms. The molecule has 2 rings (SSSR count). The molecule has 0 fully saturated rings.